The van der Waals surface area contributed by atoms with E-state index in [-0.39, 0.29) is 5.82 Å². The third-order valence-electron chi connectivity index (χ3n) is 2.67. The van der Waals surface area contributed by atoms with Crippen LogP contribution in [0.1, 0.15) is 27.6 Å². The summed E-state index contributed by atoms with van der Waals surface area (Å²) < 4.78 is 4.62. The molecule has 2 heterocycles. The molecule has 0 radical (unpaired) electrons. The topological polar surface area (TPSA) is 77.0 Å². The van der Waals surface area contributed by atoms with E-state index in [1.165, 1.54) is 7.11 Å². The molecule has 2 aromatic heterocycles. The van der Waals surface area contributed by atoms with Crippen molar-refractivity contribution in [2.45, 2.75) is 20.4 Å². The SMILES string of the molecule is COC(=O)c1nc(C)cc(NCc2ccc(C)nc2)n1. The van der Waals surface area contributed by atoms with Crippen molar-refractivity contribution in [1.29, 1.82) is 0 Å². The summed E-state index contributed by atoms with van der Waals surface area (Å²) in [6.45, 7) is 4.31. The second kappa shape index (κ2) is 6.10. The standard InChI is InChI=1S/C14H16N4O2/c1-9-4-5-11(7-15-9)8-16-12-6-10(2)17-13(18-12)14(19)20-3/h4-7H,8H2,1-3H3,(H,16,17,18). The van der Waals surface area contributed by atoms with Gasteiger partial charge >= 0.3 is 5.97 Å². The number of aromatic nitrogens is 3. The summed E-state index contributed by atoms with van der Waals surface area (Å²) in [5.74, 6) is 0.0873. The first-order valence-corrected chi connectivity index (χ1v) is 6.18. The fourth-order valence-electron chi connectivity index (χ4n) is 1.64. The molecule has 0 aliphatic rings. The van der Waals surface area contributed by atoms with E-state index in [1.54, 1.807) is 19.2 Å². The lowest BCUT2D eigenvalue weighted by Gasteiger charge is -2.08. The minimum atomic E-state index is -0.547. The molecule has 0 spiro atoms. The van der Waals surface area contributed by atoms with Gasteiger partial charge < -0.3 is 10.1 Å². The van der Waals surface area contributed by atoms with Crippen LogP contribution in [0.25, 0.3) is 0 Å². The van der Waals surface area contributed by atoms with Gasteiger partial charge in [-0.1, -0.05) is 6.07 Å². The van der Waals surface area contributed by atoms with E-state index in [4.69, 9.17) is 0 Å². The molecule has 2 aromatic rings. The van der Waals surface area contributed by atoms with E-state index in [0.29, 0.717) is 18.1 Å². The van der Waals surface area contributed by atoms with Gasteiger partial charge in [-0.15, -0.1) is 0 Å². The van der Waals surface area contributed by atoms with Gasteiger partial charge in [0.1, 0.15) is 5.82 Å². The van der Waals surface area contributed by atoms with E-state index in [2.05, 4.69) is 25.0 Å². The number of rotatable bonds is 4. The number of anilines is 1. The van der Waals surface area contributed by atoms with Gasteiger partial charge in [0.05, 0.1) is 7.11 Å². The molecule has 0 fully saturated rings. The van der Waals surface area contributed by atoms with E-state index >= 15 is 0 Å². The van der Waals surface area contributed by atoms with Crippen LogP contribution in [0.3, 0.4) is 0 Å². The second-order valence-corrected chi connectivity index (χ2v) is 4.37. The fourth-order valence-corrected chi connectivity index (χ4v) is 1.64. The van der Waals surface area contributed by atoms with Crippen LogP contribution in [-0.4, -0.2) is 28.0 Å². The van der Waals surface area contributed by atoms with Crippen LogP contribution in [0, 0.1) is 13.8 Å². The number of pyridine rings is 1. The minimum absolute atomic E-state index is 0.0528. The lowest BCUT2D eigenvalue weighted by molar-refractivity contribution is 0.0586. The molecule has 0 amide bonds. The van der Waals surface area contributed by atoms with Crippen molar-refractivity contribution in [2.24, 2.45) is 0 Å². The molecular weight excluding hydrogens is 256 g/mol. The van der Waals surface area contributed by atoms with E-state index in [1.807, 2.05) is 19.1 Å². The molecule has 0 saturated carbocycles. The van der Waals surface area contributed by atoms with E-state index < -0.39 is 5.97 Å². The maximum absolute atomic E-state index is 11.4. The van der Waals surface area contributed by atoms with Crippen LogP contribution in [0.4, 0.5) is 5.82 Å². The predicted octanol–water partition coefficient (Wildman–Crippen LogP) is 1.89. The molecule has 104 valence electrons. The molecular formula is C14H16N4O2. The molecule has 0 unspecified atom stereocenters. The Morgan fingerprint density at radius 2 is 2.05 bits per heavy atom. The summed E-state index contributed by atoms with van der Waals surface area (Å²) in [4.78, 5) is 23.8. The van der Waals surface area contributed by atoms with Crippen molar-refractivity contribution >= 4 is 11.8 Å². The number of carbonyl (C=O) groups is 1. The molecule has 20 heavy (non-hydrogen) atoms. The van der Waals surface area contributed by atoms with Gasteiger partial charge in [0.15, 0.2) is 0 Å². The van der Waals surface area contributed by atoms with Crippen LogP contribution in [0.5, 0.6) is 0 Å². The fraction of sp³-hybridized carbons (Fsp3) is 0.286. The maximum Gasteiger partial charge on any atom is 0.376 e. The summed E-state index contributed by atoms with van der Waals surface area (Å²) in [5.41, 5.74) is 2.70. The Balaban J connectivity index is 2.11. The Morgan fingerprint density at radius 3 is 2.70 bits per heavy atom. The zero-order valence-electron chi connectivity index (χ0n) is 11.7. The molecule has 1 N–H and O–H groups in total. The van der Waals surface area contributed by atoms with Crippen LogP contribution in [0.2, 0.25) is 0 Å². The van der Waals surface area contributed by atoms with Gasteiger partial charge in [0.2, 0.25) is 5.82 Å². The number of carbonyl (C=O) groups excluding carboxylic acids is 1. The first-order valence-electron chi connectivity index (χ1n) is 6.18. The summed E-state index contributed by atoms with van der Waals surface area (Å²) in [6.07, 6.45) is 1.80. The average molecular weight is 272 g/mol. The number of ether oxygens (including phenoxy) is 1. The summed E-state index contributed by atoms with van der Waals surface area (Å²) in [5, 5.41) is 3.14. The lowest BCUT2D eigenvalue weighted by atomic mass is 10.2. The van der Waals surface area contributed by atoms with Crippen molar-refractivity contribution in [1.82, 2.24) is 15.0 Å². The quantitative estimate of drug-likeness (QED) is 0.856. The molecule has 0 aromatic carbocycles. The Labute approximate surface area is 117 Å². The van der Waals surface area contributed by atoms with Crippen LogP contribution in [0.15, 0.2) is 24.4 Å². The zero-order chi connectivity index (χ0) is 14.5. The van der Waals surface area contributed by atoms with E-state index in [0.717, 1.165) is 11.3 Å². The van der Waals surface area contributed by atoms with Crippen molar-refractivity contribution in [2.75, 3.05) is 12.4 Å². The highest BCUT2D eigenvalue weighted by molar-refractivity contribution is 5.85. The van der Waals surface area contributed by atoms with Crippen LogP contribution < -0.4 is 5.32 Å². The minimum Gasteiger partial charge on any atom is -0.463 e. The Morgan fingerprint density at radius 1 is 1.25 bits per heavy atom. The molecule has 2 rings (SSSR count). The molecule has 0 bridgehead atoms. The summed E-state index contributed by atoms with van der Waals surface area (Å²) in [6, 6.07) is 5.71. The summed E-state index contributed by atoms with van der Waals surface area (Å²) >= 11 is 0. The maximum atomic E-state index is 11.4. The highest BCUT2D eigenvalue weighted by atomic mass is 16.5. The third-order valence-corrected chi connectivity index (χ3v) is 2.67. The number of nitrogens with zero attached hydrogens (tertiary/aromatic N) is 3. The van der Waals surface area contributed by atoms with Gasteiger partial charge in [-0.25, -0.2) is 14.8 Å². The van der Waals surface area contributed by atoms with Crippen molar-refractivity contribution in [3.8, 4) is 0 Å². The van der Waals surface area contributed by atoms with Crippen LogP contribution >= 0.6 is 0 Å². The van der Waals surface area contributed by atoms with Gasteiger partial charge in [-0.3, -0.25) is 4.98 Å². The molecule has 6 heteroatoms. The largest absolute Gasteiger partial charge is 0.463 e. The Hall–Kier alpha value is -2.50. The van der Waals surface area contributed by atoms with Gasteiger partial charge in [-0.05, 0) is 25.5 Å². The molecule has 0 aliphatic heterocycles. The van der Waals surface area contributed by atoms with Crippen molar-refractivity contribution < 1.29 is 9.53 Å². The first-order chi connectivity index (χ1) is 9.58. The van der Waals surface area contributed by atoms with E-state index in [9.17, 15) is 4.79 Å². The molecule has 0 saturated heterocycles. The highest BCUT2D eigenvalue weighted by Crippen LogP contribution is 2.09. The van der Waals surface area contributed by atoms with Gasteiger partial charge in [0.25, 0.3) is 0 Å². The smallest absolute Gasteiger partial charge is 0.376 e. The number of methoxy groups -OCH3 is 1. The predicted molar refractivity (Wildman–Crippen MR) is 74.4 cm³/mol. The zero-order valence-corrected chi connectivity index (χ0v) is 11.7. The number of aryl methyl sites for hydroxylation is 2. The highest BCUT2D eigenvalue weighted by Gasteiger charge is 2.11. The monoisotopic (exact) mass is 272 g/mol. The Bertz CT molecular complexity index is 611. The first kappa shape index (κ1) is 13.9. The number of nitrogens with one attached hydrogen (secondary N) is 1. The molecule has 0 aliphatic carbocycles. The number of hydrogen-bond acceptors (Lipinski definition) is 6. The third kappa shape index (κ3) is 3.50. The lowest BCUT2D eigenvalue weighted by Crippen LogP contribution is -2.11. The van der Waals surface area contributed by atoms with Crippen molar-refractivity contribution in [3.05, 3.63) is 47.2 Å². The van der Waals surface area contributed by atoms with Gasteiger partial charge in [-0.2, -0.15) is 0 Å². The summed E-state index contributed by atoms with van der Waals surface area (Å²) in [7, 11) is 1.30. The Kier molecular flexibility index (Phi) is 4.24. The molecule has 0 atom stereocenters. The molecule has 6 nitrogen and oxygen atoms in total. The normalized spacial score (nSPS) is 10.2. The van der Waals surface area contributed by atoms with Crippen LogP contribution in [-0.2, 0) is 11.3 Å². The average Bonchev–Trinajstić information content (AvgIpc) is 2.45. The number of hydrogen-bond donors (Lipinski definition) is 1. The number of esters is 1. The van der Waals surface area contributed by atoms with Crippen molar-refractivity contribution in [3.63, 3.8) is 0 Å². The second-order valence-electron chi connectivity index (χ2n) is 4.37. The van der Waals surface area contributed by atoms with Gasteiger partial charge in [0, 0.05) is 30.2 Å².